The second-order valence-electron chi connectivity index (χ2n) is 6.93. The fourth-order valence-electron chi connectivity index (χ4n) is 3.14. The highest BCUT2D eigenvalue weighted by atomic mass is 16.2. The summed E-state index contributed by atoms with van der Waals surface area (Å²) in [6, 6.07) is 0.111. The summed E-state index contributed by atoms with van der Waals surface area (Å²) in [7, 11) is 3.97. The van der Waals surface area contributed by atoms with E-state index in [2.05, 4.69) is 29.2 Å². The summed E-state index contributed by atoms with van der Waals surface area (Å²) in [4.78, 5) is 28.8. The van der Waals surface area contributed by atoms with Gasteiger partial charge < -0.3 is 10.2 Å². The van der Waals surface area contributed by atoms with Gasteiger partial charge in [-0.05, 0) is 40.0 Å². The van der Waals surface area contributed by atoms with Gasteiger partial charge in [-0.2, -0.15) is 5.10 Å². The second-order valence-corrected chi connectivity index (χ2v) is 6.93. The molecule has 1 N–H and O–H groups in total. The first-order chi connectivity index (χ1) is 11.9. The van der Waals surface area contributed by atoms with Gasteiger partial charge in [-0.15, -0.1) is 0 Å². The van der Waals surface area contributed by atoms with E-state index >= 15 is 0 Å². The molecule has 1 aromatic rings. The zero-order chi connectivity index (χ0) is 18.4. The average molecular weight is 352 g/mol. The van der Waals surface area contributed by atoms with Crippen molar-refractivity contribution in [1.82, 2.24) is 29.5 Å². The number of aromatic nitrogens is 3. The van der Waals surface area contributed by atoms with Gasteiger partial charge in [0.1, 0.15) is 5.82 Å². The van der Waals surface area contributed by atoms with Crippen molar-refractivity contribution >= 4 is 5.91 Å². The number of likely N-dealkylation sites (N-methyl/N-ethyl adjacent to an activating group) is 2. The van der Waals surface area contributed by atoms with Gasteiger partial charge >= 0.3 is 5.69 Å². The molecule has 0 spiro atoms. The standard InChI is InChI=1S/C17H32N6O2/c1-5-21(6-2)13-16(24)18-14-7-8-15-19-23(12-11-20(3)4)17(25)22(15)10-9-14/h14H,5-13H2,1-4H3,(H,18,24). The lowest BCUT2D eigenvalue weighted by molar-refractivity contribution is -0.123. The monoisotopic (exact) mass is 352 g/mol. The van der Waals surface area contributed by atoms with E-state index in [1.165, 1.54) is 0 Å². The normalized spacial score (nSPS) is 17.6. The molecule has 2 heterocycles. The largest absolute Gasteiger partial charge is 0.352 e. The van der Waals surface area contributed by atoms with E-state index in [0.29, 0.717) is 19.6 Å². The molecule has 8 heteroatoms. The minimum Gasteiger partial charge on any atom is -0.352 e. The van der Waals surface area contributed by atoms with Crippen LogP contribution in [0, 0.1) is 0 Å². The second kappa shape index (κ2) is 9.15. The van der Waals surface area contributed by atoms with Crippen molar-refractivity contribution in [3.8, 4) is 0 Å². The number of aryl methyl sites for hydroxylation is 1. The summed E-state index contributed by atoms with van der Waals surface area (Å²) in [6.45, 7) is 8.31. The summed E-state index contributed by atoms with van der Waals surface area (Å²) in [5.41, 5.74) is -0.0352. The number of fused-ring (bicyclic) bond motifs is 1. The van der Waals surface area contributed by atoms with Gasteiger partial charge in [0.15, 0.2) is 0 Å². The molecule has 1 aromatic heterocycles. The van der Waals surface area contributed by atoms with Crippen LogP contribution in [-0.4, -0.2) is 76.4 Å². The zero-order valence-electron chi connectivity index (χ0n) is 16.0. The van der Waals surface area contributed by atoms with Crippen molar-refractivity contribution in [1.29, 1.82) is 0 Å². The molecule has 0 fully saturated rings. The molecule has 0 bridgehead atoms. The van der Waals surface area contributed by atoms with Crippen molar-refractivity contribution in [2.24, 2.45) is 0 Å². The Morgan fingerprint density at radius 2 is 2.00 bits per heavy atom. The Morgan fingerprint density at radius 3 is 2.64 bits per heavy atom. The number of hydrogen-bond donors (Lipinski definition) is 1. The highest BCUT2D eigenvalue weighted by Crippen LogP contribution is 2.12. The number of amides is 1. The third-order valence-electron chi connectivity index (χ3n) is 4.80. The van der Waals surface area contributed by atoms with Crippen LogP contribution in [0.4, 0.5) is 0 Å². The lowest BCUT2D eigenvalue weighted by Gasteiger charge is -2.21. The molecule has 1 aliphatic rings. The van der Waals surface area contributed by atoms with Crippen LogP contribution in [0.3, 0.4) is 0 Å². The Kier molecular flexibility index (Phi) is 7.19. The van der Waals surface area contributed by atoms with Crippen molar-refractivity contribution in [3.63, 3.8) is 0 Å². The lowest BCUT2D eigenvalue weighted by Crippen LogP contribution is -2.42. The smallest absolute Gasteiger partial charge is 0.345 e. The predicted octanol–water partition coefficient (Wildman–Crippen LogP) is -0.231. The molecule has 1 amide bonds. The SMILES string of the molecule is CCN(CC)CC(=O)NC1CCc2nn(CCN(C)C)c(=O)n2CC1. The van der Waals surface area contributed by atoms with Gasteiger partial charge in [-0.3, -0.25) is 14.3 Å². The van der Waals surface area contributed by atoms with Crippen molar-refractivity contribution in [3.05, 3.63) is 16.3 Å². The van der Waals surface area contributed by atoms with Crippen LogP contribution in [-0.2, 0) is 24.3 Å². The fraction of sp³-hybridized carbons (Fsp3) is 0.824. The molecular weight excluding hydrogens is 320 g/mol. The van der Waals surface area contributed by atoms with Crippen LogP contribution in [0.5, 0.6) is 0 Å². The van der Waals surface area contributed by atoms with E-state index in [0.717, 1.165) is 44.7 Å². The number of rotatable bonds is 8. The molecule has 0 radical (unpaired) electrons. The van der Waals surface area contributed by atoms with Crippen LogP contribution < -0.4 is 11.0 Å². The number of hydrogen-bond acceptors (Lipinski definition) is 5. The molecule has 0 aliphatic carbocycles. The van der Waals surface area contributed by atoms with E-state index in [-0.39, 0.29) is 17.6 Å². The van der Waals surface area contributed by atoms with E-state index in [1.807, 2.05) is 19.0 Å². The minimum absolute atomic E-state index is 0.0352. The first kappa shape index (κ1) is 19.7. The van der Waals surface area contributed by atoms with Gasteiger partial charge in [0.25, 0.3) is 0 Å². The Hall–Kier alpha value is -1.67. The molecule has 2 rings (SSSR count). The first-order valence-corrected chi connectivity index (χ1v) is 9.27. The zero-order valence-corrected chi connectivity index (χ0v) is 16.0. The maximum Gasteiger partial charge on any atom is 0.345 e. The summed E-state index contributed by atoms with van der Waals surface area (Å²) in [5, 5.41) is 7.61. The topological polar surface area (TPSA) is 75.4 Å². The Balaban J connectivity index is 1.92. The van der Waals surface area contributed by atoms with E-state index < -0.39 is 0 Å². The van der Waals surface area contributed by atoms with Crippen LogP contribution in [0.25, 0.3) is 0 Å². The third-order valence-corrected chi connectivity index (χ3v) is 4.80. The van der Waals surface area contributed by atoms with Gasteiger partial charge in [0.2, 0.25) is 5.91 Å². The van der Waals surface area contributed by atoms with Crippen LogP contribution in [0.2, 0.25) is 0 Å². The third kappa shape index (κ3) is 5.40. The van der Waals surface area contributed by atoms with Crippen molar-refractivity contribution in [2.45, 2.75) is 52.2 Å². The molecule has 0 aromatic carbocycles. The maximum absolute atomic E-state index is 12.5. The Labute approximate surface area is 149 Å². The lowest BCUT2D eigenvalue weighted by atomic mass is 10.1. The van der Waals surface area contributed by atoms with Crippen LogP contribution in [0.1, 0.15) is 32.5 Å². The van der Waals surface area contributed by atoms with Crippen molar-refractivity contribution < 1.29 is 4.79 Å². The number of nitrogens with one attached hydrogen (secondary N) is 1. The fourth-order valence-corrected chi connectivity index (χ4v) is 3.14. The summed E-state index contributed by atoms with van der Waals surface area (Å²) < 4.78 is 3.33. The van der Waals surface area contributed by atoms with Gasteiger partial charge in [0, 0.05) is 25.6 Å². The Morgan fingerprint density at radius 1 is 1.28 bits per heavy atom. The molecule has 25 heavy (non-hydrogen) atoms. The number of carbonyl (C=O) groups is 1. The first-order valence-electron chi connectivity index (χ1n) is 9.27. The van der Waals surface area contributed by atoms with E-state index in [1.54, 1.807) is 9.25 Å². The summed E-state index contributed by atoms with van der Waals surface area (Å²) in [6.07, 6.45) is 2.32. The van der Waals surface area contributed by atoms with Gasteiger partial charge in [-0.25, -0.2) is 9.48 Å². The highest BCUT2D eigenvalue weighted by Gasteiger charge is 2.22. The molecule has 1 unspecified atom stereocenters. The summed E-state index contributed by atoms with van der Waals surface area (Å²) in [5.74, 6) is 0.904. The molecule has 0 saturated carbocycles. The highest BCUT2D eigenvalue weighted by molar-refractivity contribution is 5.78. The molecular formula is C17H32N6O2. The number of nitrogens with zero attached hydrogens (tertiary/aromatic N) is 5. The average Bonchev–Trinajstić information content (AvgIpc) is 2.74. The maximum atomic E-state index is 12.5. The molecule has 0 saturated heterocycles. The minimum atomic E-state index is -0.0352. The van der Waals surface area contributed by atoms with Crippen molar-refractivity contribution in [2.75, 3.05) is 40.3 Å². The molecule has 8 nitrogen and oxygen atoms in total. The molecule has 1 aliphatic heterocycles. The Bertz CT molecular complexity index is 617. The van der Waals surface area contributed by atoms with Gasteiger partial charge in [-0.1, -0.05) is 13.8 Å². The molecule has 142 valence electrons. The van der Waals surface area contributed by atoms with E-state index in [9.17, 15) is 9.59 Å². The number of carbonyl (C=O) groups excluding carboxylic acids is 1. The quantitative estimate of drug-likeness (QED) is 0.699. The van der Waals surface area contributed by atoms with Gasteiger partial charge in [0.05, 0.1) is 13.1 Å². The predicted molar refractivity (Wildman–Crippen MR) is 97.7 cm³/mol. The van der Waals surface area contributed by atoms with E-state index in [4.69, 9.17) is 0 Å². The van der Waals surface area contributed by atoms with Crippen LogP contribution in [0.15, 0.2) is 4.79 Å². The molecule has 1 atom stereocenters. The van der Waals surface area contributed by atoms with Crippen LogP contribution >= 0.6 is 0 Å². The summed E-state index contributed by atoms with van der Waals surface area (Å²) >= 11 is 0.